The van der Waals surface area contributed by atoms with Gasteiger partial charge >= 0.3 is 0 Å². The molecule has 0 aromatic heterocycles. The minimum atomic E-state index is 0.303. The molecule has 0 aliphatic heterocycles. The molecule has 1 N–H and O–H groups in total. The van der Waals surface area contributed by atoms with Crippen LogP contribution in [-0.4, -0.2) is 48.6 Å². The van der Waals surface area contributed by atoms with Crippen molar-refractivity contribution in [1.82, 2.24) is 10.2 Å². The third-order valence-electron chi connectivity index (χ3n) is 2.48. The first kappa shape index (κ1) is 15.3. The van der Waals surface area contributed by atoms with Crippen LogP contribution in [0.1, 0.15) is 34.1 Å². The first-order chi connectivity index (χ1) is 7.02. The fourth-order valence-corrected chi connectivity index (χ4v) is 1.91. The van der Waals surface area contributed by atoms with Gasteiger partial charge in [0.2, 0.25) is 0 Å². The average molecular weight is 232 g/mol. The number of thioether (sulfide) groups is 1. The van der Waals surface area contributed by atoms with E-state index in [-0.39, 0.29) is 0 Å². The summed E-state index contributed by atoms with van der Waals surface area (Å²) in [5.74, 6) is 1.21. The topological polar surface area (TPSA) is 15.3 Å². The summed E-state index contributed by atoms with van der Waals surface area (Å²) in [7, 11) is 0. The summed E-state index contributed by atoms with van der Waals surface area (Å²) >= 11 is 1.90. The Morgan fingerprint density at radius 1 is 1.13 bits per heavy atom. The van der Waals surface area contributed by atoms with E-state index in [9.17, 15) is 0 Å². The van der Waals surface area contributed by atoms with Crippen molar-refractivity contribution in [2.24, 2.45) is 0 Å². The lowest BCUT2D eigenvalue weighted by Crippen LogP contribution is -2.45. The molecule has 0 atom stereocenters. The molecule has 92 valence electrons. The van der Waals surface area contributed by atoms with Gasteiger partial charge in [-0.25, -0.2) is 0 Å². The maximum atomic E-state index is 3.48. The molecular formula is C12H28N2S. The monoisotopic (exact) mass is 232 g/mol. The molecule has 3 heteroatoms. The van der Waals surface area contributed by atoms with Crippen LogP contribution in [0.15, 0.2) is 0 Å². The Labute approximate surface area is 100 Å². The standard InChI is InChI=1S/C12H28N2S/c1-6-9-14(12(2,3)4)10-7-13-8-11-15-5/h13H,6-11H2,1-5H3. The van der Waals surface area contributed by atoms with Crippen molar-refractivity contribution in [2.75, 3.05) is 38.2 Å². The minimum Gasteiger partial charge on any atom is -0.315 e. The van der Waals surface area contributed by atoms with Crippen molar-refractivity contribution in [3.63, 3.8) is 0 Å². The predicted molar refractivity (Wildman–Crippen MR) is 72.9 cm³/mol. The van der Waals surface area contributed by atoms with E-state index in [4.69, 9.17) is 0 Å². The zero-order valence-electron chi connectivity index (χ0n) is 11.1. The zero-order valence-corrected chi connectivity index (χ0v) is 11.9. The number of nitrogens with one attached hydrogen (secondary N) is 1. The summed E-state index contributed by atoms with van der Waals surface area (Å²) in [6.07, 6.45) is 3.39. The van der Waals surface area contributed by atoms with E-state index in [1.165, 1.54) is 18.7 Å². The summed E-state index contributed by atoms with van der Waals surface area (Å²) in [5, 5.41) is 3.48. The number of nitrogens with zero attached hydrogens (tertiary/aromatic N) is 1. The predicted octanol–water partition coefficient (Wildman–Crippen LogP) is 2.45. The van der Waals surface area contributed by atoms with Crippen LogP contribution < -0.4 is 5.32 Å². The number of hydrogen-bond acceptors (Lipinski definition) is 3. The van der Waals surface area contributed by atoms with Crippen molar-refractivity contribution in [3.05, 3.63) is 0 Å². The Bertz CT molecular complexity index is 143. The van der Waals surface area contributed by atoms with Gasteiger partial charge in [-0.2, -0.15) is 11.8 Å². The molecule has 0 amide bonds. The van der Waals surface area contributed by atoms with Crippen LogP contribution in [0.3, 0.4) is 0 Å². The van der Waals surface area contributed by atoms with Crippen molar-refractivity contribution in [3.8, 4) is 0 Å². The van der Waals surface area contributed by atoms with Gasteiger partial charge in [-0.3, -0.25) is 4.90 Å². The Kier molecular flexibility index (Phi) is 8.58. The van der Waals surface area contributed by atoms with E-state index in [0.29, 0.717) is 5.54 Å². The van der Waals surface area contributed by atoms with Gasteiger partial charge in [0.05, 0.1) is 0 Å². The lowest BCUT2D eigenvalue weighted by molar-refractivity contribution is 0.138. The Balaban J connectivity index is 3.67. The molecule has 0 aromatic carbocycles. The molecule has 0 saturated heterocycles. The highest BCUT2D eigenvalue weighted by Gasteiger charge is 2.19. The quantitative estimate of drug-likeness (QED) is 0.647. The van der Waals surface area contributed by atoms with Crippen molar-refractivity contribution < 1.29 is 0 Å². The summed E-state index contributed by atoms with van der Waals surface area (Å²) in [4.78, 5) is 2.55. The third-order valence-corrected chi connectivity index (χ3v) is 3.10. The highest BCUT2D eigenvalue weighted by atomic mass is 32.2. The maximum absolute atomic E-state index is 3.48. The van der Waals surface area contributed by atoms with E-state index in [1.807, 2.05) is 11.8 Å². The largest absolute Gasteiger partial charge is 0.315 e. The molecule has 0 spiro atoms. The molecule has 0 radical (unpaired) electrons. The van der Waals surface area contributed by atoms with Crippen LogP contribution in [0.5, 0.6) is 0 Å². The van der Waals surface area contributed by atoms with Crippen molar-refractivity contribution >= 4 is 11.8 Å². The van der Waals surface area contributed by atoms with Crippen LogP contribution in [0, 0.1) is 0 Å². The molecule has 0 unspecified atom stereocenters. The average Bonchev–Trinajstić information content (AvgIpc) is 2.14. The Morgan fingerprint density at radius 2 is 1.80 bits per heavy atom. The van der Waals surface area contributed by atoms with Gasteiger partial charge in [-0.15, -0.1) is 0 Å². The van der Waals surface area contributed by atoms with Gasteiger partial charge in [0, 0.05) is 30.9 Å². The van der Waals surface area contributed by atoms with Gasteiger partial charge in [0.1, 0.15) is 0 Å². The zero-order chi connectivity index (χ0) is 11.7. The van der Waals surface area contributed by atoms with Crippen LogP contribution in [0.2, 0.25) is 0 Å². The van der Waals surface area contributed by atoms with E-state index in [0.717, 1.165) is 19.6 Å². The minimum absolute atomic E-state index is 0.303. The summed E-state index contributed by atoms with van der Waals surface area (Å²) < 4.78 is 0. The molecule has 0 aliphatic rings. The van der Waals surface area contributed by atoms with Crippen LogP contribution in [0.4, 0.5) is 0 Å². The number of rotatable bonds is 8. The molecule has 0 saturated carbocycles. The second-order valence-corrected chi connectivity index (χ2v) is 5.89. The molecule has 0 rings (SSSR count). The SMILES string of the molecule is CCCN(CCNCCSC)C(C)(C)C. The Morgan fingerprint density at radius 3 is 2.27 bits per heavy atom. The Hall–Kier alpha value is 0.270. The second kappa shape index (κ2) is 8.43. The molecule has 0 aromatic rings. The molecule has 0 fully saturated rings. The first-order valence-corrected chi connectivity index (χ1v) is 7.36. The molecule has 0 heterocycles. The molecule has 15 heavy (non-hydrogen) atoms. The van der Waals surface area contributed by atoms with Gasteiger partial charge in [0.25, 0.3) is 0 Å². The van der Waals surface area contributed by atoms with E-state index in [2.05, 4.69) is 44.2 Å². The van der Waals surface area contributed by atoms with E-state index < -0.39 is 0 Å². The molecular weight excluding hydrogens is 204 g/mol. The van der Waals surface area contributed by atoms with Crippen LogP contribution in [0.25, 0.3) is 0 Å². The molecule has 2 nitrogen and oxygen atoms in total. The highest BCUT2D eigenvalue weighted by Crippen LogP contribution is 2.12. The first-order valence-electron chi connectivity index (χ1n) is 5.97. The third kappa shape index (κ3) is 8.12. The maximum Gasteiger partial charge on any atom is 0.0125 e. The smallest absolute Gasteiger partial charge is 0.0125 e. The highest BCUT2D eigenvalue weighted by molar-refractivity contribution is 7.98. The van der Waals surface area contributed by atoms with Gasteiger partial charge in [-0.05, 0) is 40.0 Å². The normalized spacial score (nSPS) is 12.4. The number of hydrogen-bond donors (Lipinski definition) is 1. The van der Waals surface area contributed by atoms with E-state index in [1.54, 1.807) is 0 Å². The second-order valence-electron chi connectivity index (χ2n) is 4.90. The molecule has 0 bridgehead atoms. The van der Waals surface area contributed by atoms with Crippen molar-refractivity contribution in [2.45, 2.75) is 39.7 Å². The van der Waals surface area contributed by atoms with Gasteiger partial charge < -0.3 is 5.32 Å². The van der Waals surface area contributed by atoms with Crippen LogP contribution in [-0.2, 0) is 0 Å². The van der Waals surface area contributed by atoms with Gasteiger partial charge in [0.15, 0.2) is 0 Å². The summed E-state index contributed by atoms with van der Waals surface area (Å²) in [6, 6.07) is 0. The van der Waals surface area contributed by atoms with Crippen LogP contribution >= 0.6 is 11.8 Å². The lowest BCUT2D eigenvalue weighted by atomic mass is 10.1. The fraction of sp³-hybridized carbons (Fsp3) is 1.00. The van der Waals surface area contributed by atoms with Gasteiger partial charge in [-0.1, -0.05) is 6.92 Å². The molecule has 0 aliphatic carbocycles. The summed E-state index contributed by atoms with van der Waals surface area (Å²) in [5.41, 5.74) is 0.303. The van der Waals surface area contributed by atoms with E-state index >= 15 is 0 Å². The fourth-order valence-electron chi connectivity index (χ4n) is 1.57. The lowest BCUT2D eigenvalue weighted by Gasteiger charge is -2.35. The summed E-state index contributed by atoms with van der Waals surface area (Å²) in [6.45, 7) is 13.7. The van der Waals surface area contributed by atoms with Crippen molar-refractivity contribution in [1.29, 1.82) is 0 Å².